The predicted molar refractivity (Wildman–Crippen MR) is 78.0 cm³/mol. The third kappa shape index (κ3) is 2.55. The maximum atomic E-state index is 11.8. The fraction of sp³-hybridized carbons (Fsp3) is 0.571. The van der Waals surface area contributed by atoms with Gasteiger partial charge in [-0.15, -0.1) is 0 Å². The molecule has 3 heterocycles. The Morgan fingerprint density at radius 3 is 2.48 bits per heavy atom. The fourth-order valence-electron chi connectivity index (χ4n) is 2.70. The molecule has 21 heavy (non-hydrogen) atoms. The average Bonchev–Trinajstić information content (AvgIpc) is 2.84. The molecule has 7 nitrogen and oxygen atoms in total. The van der Waals surface area contributed by atoms with Crippen LogP contribution in [0.25, 0.3) is 0 Å². The molecule has 0 radical (unpaired) electrons. The summed E-state index contributed by atoms with van der Waals surface area (Å²) in [6.45, 7) is 2.04. The predicted octanol–water partition coefficient (Wildman–Crippen LogP) is 0.128. The van der Waals surface area contributed by atoms with Crippen LogP contribution in [-0.4, -0.2) is 60.4 Å². The zero-order chi connectivity index (χ0) is 15.0. The highest BCUT2D eigenvalue weighted by atomic mass is 16.2. The van der Waals surface area contributed by atoms with Crippen molar-refractivity contribution in [3.63, 3.8) is 0 Å². The van der Waals surface area contributed by atoms with Crippen molar-refractivity contribution in [3.05, 3.63) is 12.4 Å². The third-order valence-electron chi connectivity index (χ3n) is 3.96. The number of hydrogen-bond acceptors (Lipinski definition) is 5. The first-order chi connectivity index (χ1) is 10.1. The molecule has 2 saturated heterocycles. The quantitative estimate of drug-likeness (QED) is 0.791. The van der Waals surface area contributed by atoms with Crippen LogP contribution in [0.4, 0.5) is 11.6 Å². The van der Waals surface area contributed by atoms with Crippen molar-refractivity contribution in [2.75, 3.05) is 43.5 Å². The number of amides is 2. The van der Waals surface area contributed by atoms with Crippen molar-refractivity contribution >= 4 is 23.5 Å². The number of hydrogen-bond donors (Lipinski definition) is 0. The van der Waals surface area contributed by atoms with Crippen LogP contribution in [0.3, 0.4) is 0 Å². The maximum absolute atomic E-state index is 11.8. The first-order valence-corrected chi connectivity index (χ1v) is 7.15. The lowest BCUT2D eigenvalue weighted by molar-refractivity contribution is -0.133. The van der Waals surface area contributed by atoms with E-state index >= 15 is 0 Å². The van der Waals surface area contributed by atoms with Gasteiger partial charge in [0.25, 0.3) is 0 Å². The van der Waals surface area contributed by atoms with Crippen LogP contribution in [0, 0.1) is 5.92 Å². The first kappa shape index (κ1) is 13.8. The van der Waals surface area contributed by atoms with Crippen molar-refractivity contribution in [2.24, 2.45) is 5.92 Å². The smallest absolute Gasteiger partial charge is 0.228 e. The molecule has 2 amide bonds. The monoisotopic (exact) mass is 289 g/mol. The molecule has 0 unspecified atom stereocenters. The van der Waals surface area contributed by atoms with Crippen molar-refractivity contribution in [3.8, 4) is 0 Å². The molecule has 2 aliphatic heterocycles. The van der Waals surface area contributed by atoms with Crippen molar-refractivity contribution in [1.82, 2.24) is 14.9 Å². The standard InChI is InChI=1S/C14H19N5O2/c1-17(2)13(21)10-8-18(9-10)14-15-6-11(7-16-14)19-5-3-4-12(19)20/h6-7,10H,3-5,8-9H2,1-2H3. The topological polar surface area (TPSA) is 69.6 Å². The SMILES string of the molecule is CN(C)C(=O)C1CN(c2ncc(N3CCCC3=O)cn2)C1. The third-order valence-corrected chi connectivity index (χ3v) is 3.96. The Morgan fingerprint density at radius 1 is 1.29 bits per heavy atom. The fourth-order valence-corrected chi connectivity index (χ4v) is 2.70. The summed E-state index contributed by atoms with van der Waals surface area (Å²) in [6.07, 6.45) is 4.86. The number of carbonyl (C=O) groups excluding carboxylic acids is 2. The van der Waals surface area contributed by atoms with E-state index in [0.29, 0.717) is 25.5 Å². The lowest BCUT2D eigenvalue weighted by Gasteiger charge is -2.39. The van der Waals surface area contributed by atoms with Gasteiger partial charge in [0.1, 0.15) is 0 Å². The lowest BCUT2D eigenvalue weighted by Crippen LogP contribution is -2.54. The molecular weight excluding hydrogens is 270 g/mol. The minimum Gasteiger partial charge on any atom is -0.348 e. The minimum atomic E-state index is 0.0310. The van der Waals surface area contributed by atoms with Crippen LogP contribution >= 0.6 is 0 Å². The Bertz CT molecular complexity index is 551. The van der Waals surface area contributed by atoms with Gasteiger partial charge in [0.15, 0.2) is 0 Å². The summed E-state index contributed by atoms with van der Waals surface area (Å²) in [5, 5.41) is 0. The van der Waals surface area contributed by atoms with E-state index in [2.05, 4.69) is 9.97 Å². The van der Waals surface area contributed by atoms with Gasteiger partial charge in [-0.1, -0.05) is 0 Å². The Balaban J connectivity index is 1.61. The van der Waals surface area contributed by atoms with E-state index in [9.17, 15) is 9.59 Å². The highest BCUT2D eigenvalue weighted by Crippen LogP contribution is 2.24. The van der Waals surface area contributed by atoms with Gasteiger partial charge in [-0.25, -0.2) is 9.97 Å². The molecule has 0 N–H and O–H groups in total. The summed E-state index contributed by atoms with van der Waals surface area (Å²) in [7, 11) is 3.53. The van der Waals surface area contributed by atoms with Gasteiger partial charge in [-0.2, -0.15) is 0 Å². The number of aromatic nitrogens is 2. The van der Waals surface area contributed by atoms with Crippen molar-refractivity contribution < 1.29 is 9.59 Å². The van der Waals surface area contributed by atoms with Crippen LogP contribution < -0.4 is 9.80 Å². The van der Waals surface area contributed by atoms with Gasteiger partial charge in [-0.3, -0.25) is 9.59 Å². The van der Waals surface area contributed by atoms with E-state index < -0.39 is 0 Å². The van der Waals surface area contributed by atoms with Crippen LogP contribution in [0.5, 0.6) is 0 Å². The second kappa shape index (κ2) is 5.31. The largest absolute Gasteiger partial charge is 0.348 e. The normalized spacial score (nSPS) is 18.9. The highest BCUT2D eigenvalue weighted by Gasteiger charge is 2.35. The molecule has 0 spiro atoms. The summed E-state index contributed by atoms with van der Waals surface area (Å²) in [6, 6.07) is 0. The zero-order valence-corrected chi connectivity index (χ0v) is 12.3. The summed E-state index contributed by atoms with van der Waals surface area (Å²) in [4.78, 5) is 37.4. The summed E-state index contributed by atoms with van der Waals surface area (Å²) < 4.78 is 0. The minimum absolute atomic E-state index is 0.0310. The first-order valence-electron chi connectivity index (χ1n) is 7.15. The Hall–Kier alpha value is -2.18. The molecule has 2 aliphatic rings. The number of rotatable bonds is 3. The van der Waals surface area contributed by atoms with E-state index in [1.807, 2.05) is 4.90 Å². The summed E-state index contributed by atoms with van der Waals surface area (Å²) in [5.74, 6) is 0.925. The number of carbonyl (C=O) groups is 2. The van der Waals surface area contributed by atoms with Crippen molar-refractivity contribution in [1.29, 1.82) is 0 Å². The molecule has 3 rings (SSSR count). The van der Waals surface area contributed by atoms with Gasteiger partial charge in [0.05, 0.1) is 24.0 Å². The van der Waals surface area contributed by atoms with Gasteiger partial charge >= 0.3 is 0 Å². The zero-order valence-electron chi connectivity index (χ0n) is 12.3. The second-order valence-corrected chi connectivity index (χ2v) is 5.72. The van der Waals surface area contributed by atoms with Crippen molar-refractivity contribution in [2.45, 2.75) is 12.8 Å². The van der Waals surface area contributed by atoms with Crippen LogP contribution in [-0.2, 0) is 9.59 Å². The Labute approximate surface area is 123 Å². The van der Waals surface area contributed by atoms with Gasteiger partial charge < -0.3 is 14.7 Å². The molecular formula is C14H19N5O2. The molecule has 7 heteroatoms. The molecule has 0 aromatic carbocycles. The molecule has 1 aromatic heterocycles. The van der Waals surface area contributed by atoms with Gasteiger partial charge in [-0.05, 0) is 6.42 Å². The molecule has 0 atom stereocenters. The van der Waals surface area contributed by atoms with Crippen LogP contribution in [0.1, 0.15) is 12.8 Å². The lowest BCUT2D eigenvalue weighted by atomic mass is 9.99. The molecule has 2 fully saturated rings. The maximum Gasteiger partial charge on any atom is 0.228 e. The van der Waals surface area contributed by atoms with E-state index in [4.69, 9.17) is 0 Å². The molecule has 0 bridgehead atoms. The summed E-state index contributed by atoms with van der Waals surface area (Å²) >= 11 is 0. The van der Waals surface area contributed by atoms with Crippen LogP contribution in [0.2, 0.25) is 0 Å². The molecule has 1 aromatic rings. The molecule has 0 aliphatic carbocycles. The van der Waals surface area contributed by atoms with E-state index in [0.717, 1.165) is 18.7 Å². The molecule has 112 valence electrons. The van der Waals surface area contributed by atoms with E-state index in [1.165, 1.54) is 0 Å². The summed E-state index contributed by atoms with van der Waals surface area (Å²) in [5.41, 5.74) is 0.752. The molecule has 0 saturated carbocycles. The van der Waals surface area contributed by atoms with Crippen LogP contribution in [0.15, 0.2) is 12.4 Å². The van der Waals surface area contributed by atoms with Gasteiger partial charge in [0, 0.05) is 40.2 Å². The van der Waals surface area contributed by atoms with E-state index in [-0.39, 0.29) is 17.7 Å². The Kier molecular flexibility index (Phi) is 3.48. The van der Waals surface area contributed by atoms with Gasteiger partial charge in [0.2, 0.25) is 17.8 Å². The average molecular weight is 289 g/mol. The number of nitrogens with zero attached hydrogens (tertiary/aromatic N) is 5. The number of anilines is 2. The van der Waals surface area contributed by atoms with E-state index in [1.54, 1.807) is 36.3 Å². The highest BCUT2D eigenvalue weighted by molar-refractivity contribution is 5.95. The Morgan fingerprint density at radius 2 is 1.95 bits per heavy atom. The second-order valence-electron chi connectivity index (χ2n) is 5.72.